The summed E-state index contributed by atoms with van der Waals surface area (Å²) < 4.78 is 5.91. The number of carbonyl (C=O) groups is 1. The van der Waals surface area contributed by atoms with E-state index in [9.17, 15) is 9.90 Å². The first-order valence-electron chi connectivity index (χ1n) is 13.1. The molecule has 39 heavy (non-hydrogen) atoms. The number of pyridine rings is 1. The minimum atomic E-state index is -0.872. The van der Waals surface area contributed by atoms with Crippen LogP contribution in [0.2, 0.25) is 0 Å². The third-order valence-electron chi connectivity index (χ3n) is 6.17. The molecule has 1 aliphatic rings. The van der Waals surface area contributed by atoms with Crippen LogP contribution in [-0.2, 0) is 17.6 Å². The Morgan fingerprint density at radius 1 is 1.10 bits per heavy atom. The van der Waals surface area contributed by atoms with Crippen molar-refractivity contribution in [1.82, 2.24) is 4.98 Å². The van der Waals surface area contributed by atoms with Gasteiger partial charge < -0.3 is 20.7 Å². The molecule has 6 nitrogen and oxygen atoms in total. The molecule has 0 amide bonds. The van der Waals surface area contributed by atoms with Crippen molar-refractivity contribution >= 4 is 27.6 Å². The maximum absolute atomic E-state index is 11.9. The first-order valence-corrected chi connectivity index (χ1v) is 13.1. The van der Waals surface area contributed by atoms with Crippen molar-refractivity contribution in [1.29, 1.82) is 0 Å². The van der Waals surface area contributed by atoms with Crippen molar-refractivity contribution in [3.63, 3.8) is 0 Å². The SMILES string of the molecule is CC(C)(C)O.Cc1cc2ccc(C#CC(C)(C)N)cc2c(-c2ccc3c4c(ccnc24)CCO3)c1CC(=O)O. The number of aliphatic carboxylic acids is 1. The molecule has 202 valence electrons. The van der Waals surface area contributed by atoms with Crippen LogP contribution in [0.3, 0.4) is 0 Å². The summed E-state index contributed by atoms with van der Waals surface area (Å²) in [7, 11) is 0. The van der Waals surface area contributed by atoms with Crippen LogP contribution in [0.25, 0.3) is 32.8 Å². The largest absolute Gasteiger partial charge is 0.493 e. The Balaban J connectivity index is 0.000000648. The molecule has 0 radical (unpaired) electrons. The molecule has 0 fully saturated rings. The van der Waals surface area contributed by atoms with Crippen LogP contribution in [0.1, 0.15) is 56.9 Å². The van der Waals surface area contributed by atoms with Gasteiger partial charge in [0, 0.05) is 29.1 Å². The third kappa shape index (κ3) is 6.75. The van der Waals surface area contributed by atoms with Crippen molar-refractivity contribution in [2.45, 2.75) is 65.5 Å². The number of aliphatic hydroxyl groups is 1. The number of carboxylic acids is 1. The zero-order valence-electron chi connectivity index (χ0n) is 23.5. The van der Waals surface area contributed by atoms with Crippen LogP contribution in [0.5, 0.6) is 5.75 Å². The lowest BCUT2D eigenvalue weighted by Gasteiger charge is -2.22. The molecule has 4 aromatic rings. The second kappa shape index (κ2) is 10.7. The average molecular weight is 525 g/mol. The number of nitrogens with zero attached hydrogens (tertiary/aromatic N) is 1. The fourth-order valence-corrected chi connectivity index (χ4v) is 4.68. The summed E-state index contributed by atoms with van der Waals surface area (Å²) in [6, 6.07) is 14.1. The van der Waals surface area contributed by atoms with E-state index in [1.54, 1.807) is 20.8 Å². The second-order valence-corrected chi connectivity index (χ2v) is 11.6. The highest BCUT2D eigenvalue weighted by Crippen LogP contribution is 2.42. The standard InChI is InChI=1S/C29H26N2O3.C4H10O/c1-17-14-20-5-4-18(8-11-29(2,3)30)15-23(20)27(22(17)16-25(32)33)21-6-7-24-26-19(10-13-34-24)9-12-31-28(21)26;1-4(2,3)5/h4-7,9,12,14-15H,10,13,16,30H2,1-3H3,(H,32,33);5H,1-3H3. The van der Waals surface area contributed by atoms with Crippen molar-refractivity contribution in [3.8, 4) is 28.7 Å². The molecule has 0 aliphatic carbocycles. The van der Waals surface area contributed by atoms with E-state index >= 15 is 0 Å². The van der Waals surface area contributed by atoms with E-state index in [0.29, 0.717) is 6.61 Å². The van der Waals surface area contributed by atoms with E-state index in [0.717, 1.165) is 61.7 Å². The lowest BCUT2D eigenvalue weighted by Crippen LogP contribution is -2.29. The van der Waals surface area contributed by atoms with Crippen LogP contribution in [-0.4, -0.2) is 38.9 Å². The van der Waals surface area contributed by atoms with Crippen LogP contribution >= 0.6 is 0 Å². The van der Waals surface area contributed by atoms with E-state index in [4.69, 9.17) is 20.6 Å². The predicted octanol–water partition coefficient (Wildman–Crippen LogP) is 5.79. The lowest BCUT2D eigenvalue weighted by molar-refractivity contribution is -0.136. The maximum Gasteiger partial charge on any atom is 0.307 e. The van der Waals surface area contributed by atoms with Crippen LogP contribution < -0.4 is 10.5 Å². The lowest BCUT2D eigenvalue weighted by atomic mass is 9.86. The Morgan fingerprint density at radius 3 is 2.49 bits per heavy atom. The third-order valence-corrected chi connectivity index (χ3v) is 6.17. The molecule has 6 heteroatoms. The number of benzene rings is 3. The normalized spacial score (nSPS) is 12.7. The van der Waals surface area contributed by atoms with Gasteiger partial charge in [-0.25, -0.2) is 0 Å². The van der Waals surface area contributed by atoms with Crippen LogP contribution in [0, 0.1) is 18.8 Å². The highest BCUT2D eigenvalue weighted by atomic mass is 16.5. The van der Waals surface area contributed by atoms with Gasteiger partial charge in [0.25, 0.3) is 0 Å². The monoisotopic (exact) mass is 524 g/mol. The van der Waals surface area contributed by atoms with E-state index in [1.165, 1.54) is 5.56 Å². The molecule has 5 rings (SSSR count). The molecule has 2 heterocycles. The molecule has 0 spiro atoms. The Morgan fingerprint density at radius 2 is 1.82 bits per heavy atom. The molecular formula is C33H36N2O4. The Labute approximate surface area is 229 Å². The van der Waals surface area contributed by atoms with Crippen LogP contribution in [0.15, 0.2) is 48.7 Å². The summed E-state index contributed by atoms with van der Waals surface area (Å²) in [5.41, 5.74) is 11.3. The Kier molecular flexibility index (Phi) is 7.70. The predicted molar refractivity (Wildman–Crippen MR) is 157 cm³/mol. The number of aryl methyl sites for hydroxylation is 1. The summed E-state index contributed by atoms with van der Waals surface area (Å²) in [4.78, 5) is 16.6. The maximum atomic E-state index is 11.9. The molecule has 4 N–H and O–H groups in total. The molecule has 3 aromatic carbocycles. The van der Waals surface area contributed by atoms with Crippen molar-refractivity contribution < 1.29 is 19.7 Å². The van der Waals surface area contributed by atoms with Gasteiger partial charge in [-0.05, 0) is 105 Å². The molecule has 0 saturated heterocycles. The van der Waals surface area contributed by atoms with Crippen LogP contribution in [0.4, 0.5) is 0 Å². The average Bonchev–Trinajstić information content (AvgIpc) is 2.83. The first-order chi connectivity index (χ1) is 18.2. The zero-order valence-corrected chi connectivity index (χ0v) is 23.5. The number of hydrogen-bond acceptors (Lipinski definition) is 5. The van der Waals surface area contributed by atoms with E-state index < -0.39 is 17.1 Å². The van der Waals surface area contributed by atoms with Gasteiger partial charge in [0.15, 0.2) is 0 Å². The van der Waals surface area contributed by atoms with Gasteiger partial charge in [-0.1, -0.05) is 24.0 Å². The molecule has 0 bridgehead atoms. The Bertz CT molecular complexity index is 1610. The minimum absolute atomic E-state index is 0.0811. The highest BCUT2D eigenvalue weighted by Gasteiger charge is 2.22. The number of carboxylic acid groups (broad SMARTS) is 1. The quantitative estimate of drug-likeness (QED) is 0.293. The number of rotatable bonds is 3. The highest BCUT2D eigenvalue weighted by molar-refractivity contribution is 6.08. The van der Waals surface area contributed by atoms with E-state index in [1.807, 2.05) is 69.4 Å². The summed E-state index contributed by atoms with van der Waals surface area (Å²) in [5.74, 6) is 6.21. The topological polar surface area (TPSA) is 106 Å². The van der Waals surface area contributed by atoms with Crippen molar-refractivity contribution in [3.05, 3.63) is 70.9 Å². The number of ether oxygens (including phenoxy) is 1. The molecular weight excluding hydrogens is 488 g/mol. The molecule has 1 aliphatic heterocycles. The van der Waals surface area contributed by atoms with Crippen molar-refractivity contribution in [2.75, 3.05) is 6.61 Å². The summed E-state index contributed by atoms with van der Waals surface area (Å²) in [6.07, 6.45) is 2.56. The second-order valence-electron chi connectivity index (χ2n) is 11.6. The fraction of sp³-hybridized carbons (Fsp3) is 0.333. The zero-order chi connectivity index (χ0) is 28.5. The van der Waals surface area contributed by atoms with E-state index in [2.05, 4.69) is 11.8 Å². The van der Waals surface area contributed by atoms with Gasteiger partial charge in [-0.2, -0.15) is 0 Å². The smallest absolute Gasteiger partial charge is 0.307 e. The van der Waals surface area contributed by atoms with E-state index in [-0.39, 0.29) is 6.42 Å². The van der Waals surface area contributed by atoms with Gasteiger partial charge in [0.2, 0.25) is 0 Å². The summed E-state index contributed by atoms with van der Waals surface area (Å²) in [5, 5.41) is 21.2. The fourth-order valence-electron chi connectivity index (χ4n) is 4.68. The van der Waals surface area contributed by atoms with Gasteiger partial charge in [0.05, 0.1) is 29.7 Å². The van der Waals surface area contributed by atoms with Gasteiger partial charge in [-0.15, -0.1) is 0 Å². The summed E-state index contributed by atoms with van der Waals surface area (Å²) in [6.45, 7) is 11.6. The van der Waals surface area contributed by atoms with Gasteiger partial charge in [-0.3, -0.25) is 9.78 Å². The number of fused-ring (bicyclic) bond motifs is 1. The minimum Gasteiger partial charge on any atom is -0.493 e. The molecule has 0 saturated carbocycles. The van der Waals surface area contributed by atoms with Gasteiger partial charge >= 0.3 is 5.97 Å². The molecule has 0 atom stereocenters. The number of nitrogens with two attached hydrogens (primary N) is 1. The molecule has 0 unspecified atom stereocenters. The molecule has 1 aromatic heterocycles. The number of aromatic nitrogens is 1. The van der Waals surface area contributed by atoms with Crippen molar-refractivity contribution in [2.24, 2.45) is 5.73 Å². The Hall–Kier alpha value is -3.92. The summed E-state index contributed by atoms with van der Waals surface area (Å²) >= 11 is 0. The number of hydrogen-bond donors (Lipinski definition) is 3. The first kappa shape index (κ1) is 28.1. The van der Waals surface area contributed by atoms with Gasteiger partial charge in [0.1, 0.15) is 5.75 Å².